The van der Waals surface area contributed by atoms with Crippen LogP contribution < -0.4 is 4.72 Å². The van der Waals surface area contributed by atoms with Gasteiger partial charge in [0.15, 0.2) is 0 Å². The molecule has 24 heavy (non-hydrogen) atoms. The van der Waals surface area contributed by atoms with E-state index in [1.807, 2.05) is 36.4 Å². The Bertz CT molecular complexity index is 877. The number of halogens is 1. The Morgan fingerprint density at radius 3 is 2.21 bits per heavy atom. The van der Waals surface area contributed by atoms with E-state index in [2.05, 4.69) is 25.6 Å². The zero-order valence-corrected chi connectivity index (χ0v) is 15.0. The molecule has 3 rings (SSSR count). The summed E-state index contributed by atoms with van der Waals surface area (Å²) in [4.78, 5) is 4.51. The first-order valence-electron chi connectivity index (χ1n) is 7.31. The van der Waals surface area contributed by atoms with E-state index in [4.69, 9.17) is 0 Å². The van der Waals surface area contributed by atoms with Gasteiger partial charge >= 0.3 is 0 Å². The Hall–Kier alpha value is -2.02. The van der Waals surface area contributed by atoms with Gasteiger partial charge in [0.1, 0.15) is 0 Å². The number of rotatable bonds is 5. The van der Waals surface area contributed by atoms with Gasteiger partial charge in [0, 0.05) is 10.7 Å². The molecule has 0 aliphatic rings. The predicted molar refractivity (Wildman–Crippen MR) is 97.0 cm³/mol. The third-order valence-corrected chi connectivity index (χ3v) is 5.95. The fourth-order valence-electron chi connectivity index (χ4n) is 2.37. The van der Waals surface area contributed by atoms with E-state index >= 15 is 0 Å². The number of hydrogen-bond donors (Lipinski definition) is 1. The van der Waals surface area contributed by atoms with Gasteiger partial charge in [0.05, 0.1) is 16.6 Å². The van der Waals surface area contributed by atoms with E-state index in [0.717, 1.165) is 5.56 Å². The van der Waals surface area contributed by atoms with Crippen LogP contribution in [0.1, 0.15) is 17.3 Å². The van der Waals surface area contributed by atoms with Crippen LogP contribution in [0.2, 0.25) is 0 Å². The minimum Gasteiger partial charge on any atom is -0.259 e. The lowest BCUT2D eigenvalue weighted by molar-refractivity contribution is 0.569. The topological polar surface area (TPSA) is 59.1 Å². The molecule has 1 heterocycles. The normalized spacial score (nSPS) is 12.7. The summed E-state index contributed by atoms with van der Waals surface area (Å²) in [5, 5.41) is 0. The summed E-state index contributed by atoms with van der Waals surface area (Å²) in [6.45, 7) is 0. The minimum atomic E-state index is -3.72. The smallest absolute Gasteiger partial charge is 0.242 e. The van der Waals surface area contributed by atoms with Crippen molar-refractivity contribution in [2.75, 3.05) is 0 Å². The first kappa shape index (κ1) is 16.8. The van der Waals surface area contributed by atoms with Crippen LogP contribution >= 0.6 is 15.9 Å². The minimum absolute atomic E-state index is 0.196. The molecule has 0 saturated carbocycles. The molecule has 0 bridgehead atoms. The van der Waals surface area contributed by atoms with Crippen molar-refractivity contribution in [2.45, 2.75) is 10.9 Å². The Labute approximate surface area is 149 Å². The molecule has 2 aromatic carbocycles. The Kier molecular flexibility index (Phi) is 5.08. The van der Waals surface area contributed by atoms with Crippen LogP contribution in [0.15, 0.2) is 88.4 Å². The fraction of sp³-hybridized carbons (Fsp3) is 0.0556. The summed E-state index contributed by atoms with van der Waals surface area (Å²) in [7, 11) is -3.72. The monoisotopic (exact) mass is 402 g/mol. The molecule has 0 amide bonds. The van der Waals surface area contributed by atoms with Crippen LogP contribution in [-0.2, 0) is 10.0 Å². The maximum atomic E-state index is 12.8. The van der Waals surface area contributed by atoms with Gasteiger partial charge in [0.25, 0.3) is 0 Å². The van der Waals surface area contributed by atoms with Crippen molar-refractivity contribution >= 4 is 26.0 Å². The maximum absolute atomic E-state index is 12.8. The Morgan fingerprint density at radius 2 is 1.54 bits per heavy atom. The van der Waals surface area contributed by atoms with Crippen molar-refractivity contribution in [1.82, 2.24) is 9.71 Å². The van der Waals surface area contributed by atoms with Crippen molar-refractivity contribution in [1.29, 1.82) is 0 Å². The quantitative estimate of drug-likeness (QED) is 0.703. The average Bonchev–Trinajstić information content (AvgIpc) is 2.61. The van der Waals surface area contributed by atoms with E-state index in [0.29, 0.717) is 10.2 Å². The highest BCUT2D eigenvalue weighted by Gasteiger charge is 2.25. The molecule has 0 saturated heterocycles. The van der Waals surface area contributed by atoms with E-state index < -0.39 is 16.1 Å². The summed E-state index contributed by atoms with van der Waals surface area (Å²) in [5.41, 5.74) is 1.46. The van der Waals surface area contributed by atoms with E-state index in [1.165, 1.54) is 0 Å². The van der Waals surface area contributed by atoms with Crippen LogP contribution in [-0.4, -0.2) is 13.4 Å². The highest BCUT2D eigenvalue weighted by Crippen LogP contribution is 2.26. The van der Waals surface area contributed by atoms with E-state index in [9.17, 15) is 8.42 Å². The highest BCUT2D eigenvalue weighted by atomic mass is 79.9. The lowest BCUT2D eigenvalue weighted by atomic mass is 10.0. The number of sulfonamides is 1. The van der Waals surface area contributed by atoms with Crippen molar-refractivity contribution in [3.63, 3.8) is 0 Å². The molecule has 0 aliphatic heterocycles. The predicted octanol–water partition coefficient (Wildman–Crippen LogP) is 3.91. The molecule has 4 nitrogen and oxygen atoms in total. The van der Waals surface area contributed by atoms with Crippen LogP contribution in [0.25, 0.3) is 0 Å². The molecule has 1 unspecified atom stereocenters. The zero-order chi connectivity index (χ0) is 17.0. The Morgan fingerprint density at radius 1 is 0.875 bits per heavy atom. The highest BCUT2D eigenvalue weighted by molar-refractivity contribution is 9.10. The van der Waals surface area contributed by atoms with E-state index in [-0.39, 0.29) is 4.90 Å². The molecule has 1 atom stereocenters. The van der Waals surface area contributed by atoms with Crippen molar-refractivity contribution in [2.24, 2.45) is 0 Å². The second kappa shape index (κ2) is 7.25. The van der Waals surface area contributed by atoms with E-state index in [1.54, 1.807) is 42.6 Å². The average molecular weight is 403 g/mol. The number of pyridine rings is 1. The summed E-state index contributed by atoms with van der Waals surface area (Å²) < 4.78 is 29.0. The lowest BCUT2D eigenvalue weighted by Gasteiger charge is -2.19. The van der Waals surface area contributed by atoms with Gasteiger partial charge in [-0.05, 0) is 45.8 Å². The second-order valence-corrected chi connectivity index (χ2v) is 7.69. The van der Waals surface area contributed by atoms with Gasteiger partial charge in [-0.1, -0.05) is 48.5 Å². The maximum Gasteiger partial charge on any atom is 0.242 e. The molecule has 3 aromatic rings. The number of aromatic nitrogens is 1. The first-order valence-corrected chi connectivity index (χ1v) is 9.58. The molecule has 0 aliphatic carbocycles. The first-order chi connectivity index (χ1) is 11.6. The van der Waals surface area contributed by atoms with Gasteiger partial charge < -0.3 is 0 Å². The van der Waals surface area contributed by atoms with Crippen LogP contribution in [0.4, 0.5) is 0 Å². The molecule has 0 fully saturated rings. The van der Waals surface area contributed by atoms with Crippen molar-refractivity contribution < 1.29 is 8.42 Å². The molecular formula is C18H15BrN2O2S. The third-order valence-electron chi connectivity index (χ3n) is 3.52. The van der Waals surface area contributed by atoms with Crippen LogP contribution in [0.3, 0.4) is 0 Å². The molecule has 0 spiro atoms. The number of nitrogens with zero attached hydrogens (tertiary/aromatic N) is 1. The summed E-state index contributed by atoms with van der Waals surface area (Å²) in [5.74, 6) is 0. The zero-order valence-electron chi connectivity index (χ0n) is 12.6. The molecule has 1 N–H and O–H groups in total. The Balaban J connectivity index is 2.03. The van der Waals surface area contributed by atoms with Gasteiger partial charge in [-0.2, -0.15) is 4.72 Å². The molecule has 122 valence electrons. The largest absolute Gasteiger partial charge is 0.259 e. The second-order valence-electron chi connectivity index (χ2n) is 5.15. The summed E-state index contributed by atoms with van der Waals surface area (Å²) in [6, 6.07) is 21.0. The lowest BCUT2D eigenvalue weighted by Crippen LogP contribution is -2.30. The summed E-state index contributed by atoms with van der Waals surface area (Å²) in [6.07, 6.45) is 1.65. The van der Waals surface area contributed by atoms with Crippen molar-refractivity contribution in [3.8, 4) is 0 Å². The number of benzene rings is 2. The molecular weight excluding hydrogens is 388 g/mol. The standard InChI is InChI=1S/C18H15BrN2O2S/c19-15-10-4-5-12-17(15)24(22,23)21-18(14-8-2-1-3-9-14)16-11-6-7-13-20-16/h1-13,18,21H. The van der Waals surface area contributed by atoms with Gasteiger partial charge in [-0.15, -0.1) is 0 Å². The van der Waals surface area contributed by atoms with Crippen molar-refractivity contribution in [3.05, 3.63) is 94.7 Å². The van der Waals surface area contributed by atoms with Crippen LogP contribution in [0.5, 0.6) is 0 Å². The molecule has 1 aromatic heterocycles. The number of nitrogens with one attached hydrogen (secondary N) is 1. The fourth-order valence-corrected chi connectivity index (χ4v) is 4.57. The summed E-state index contributed by atoms with van der Waals surface area (Å²) >= 11 is 3.30. The third kappa shape index (κ3) is 3.72. The van der Waals surface area contributed by atoms with Gasteiger partial charge in [-0.3, -0.25) is 4.98 Å². The molecule has 0 radical (unpaired) electrons. The SMILES string of the molecule is O=S(=O)(NC(c1ccccc1)c1ccccn1)c1ccccc1Br. The molecule has 6 heteroatoms. The number of hydrogen-bond acceptors (Lipinski definition) is 3. The van der Waals surface area contributed by atoms with Gasteiger partial charge in [-0.25, -0.2) is 8.42 Å². The van der Waals surface area contributed by atoms with Gasteiger partial charge in [0.2, 0.25) is 10.0 Å². The van der Waals surface area contributed by atoms with Crippen LogP contribution in [0, 0.1) is 0 Å².